The van der Waals surface area contributed by atoms with Crippen LogP contribution in [0.3, 0.4) is 0 Å². The lowest BCUT2D eigenvalue weighted by molar-refractivity contribution is -0.0435. The van der Waals surface area contributed by atoms with Gasteiger partial charge in [0.05, 0.1) is 11.8 Å². The third kappa shape index (κ3) is 17.7. The van der Waals surface area contributed by atoms with E-state index in [4.69, 9.17) is 16.3 Å². The van der Waals surface area contributed by atoms with Crippen molar-refractivity contribution in [2.75, 3.05) is 89.0 Å². The summed E-state index contributed by atoms with van der Waals surface area (Å²) in [6.07, 6.45) is 7.40. The van der Waals surface area contributed by atoms with Gasteiger partial charge < -0.3 is 19.9 Å². The fourth-order valence-electron chi connectivity index (χ4n) is 8.27. The maximum atomic E-state index is 13.0. The molecule has 374 valence electrons. The van der Waals surface area contributed by atoms with Crippen LogP contribution in [-0.4, -0.2) is 115 Å². The number of thioether (sulfide) groups is 1. The van der Waals surface area contributed by atoms with Gasteiger partial charge >= 0.3 is 5.51 Å². The molecule has 0 aromatic heterocycles. The van der Waals surface area contributed by atoms with Crippen molar-refractivity contribution in [1.82, 2.24) is 14.5 Å². The average molecular weight is 1020 g/mol. The predicted octanol–water partition coefficient (Wildman–Crippen LogP) is 12.5. The number of anilines is 2. The minimum absolute atomic E-state index is 0.0589. The van der Waals surface area contributed by atoms with Crippen LogP contribution in [0.5, 0.6) is 0 Å². The van der Waals surface area contributed by atoms with E-state index in [1.54, 1.807) is 18.7 Å². The van der Waals surface area contributed by atoms with Crippen molar-refractivity contribution in [3.63, 3.8) is 0 Å². The van der Waals surface area contributed by atoms with Crippen molar-refractivity contribution >= 4 is 68.4 Å². The number of nitrogens with zero attached hydrogens (tertiary/aromatic N) is 3. The van der Waals surface area contributed by atoms with Crippen LogP contribution in [0, 0.1) is 5.41 Å². The highest BCUT2D eigenvalue weighted by Gasteiger charge is 2.48. The van der Waals surface area contributed by atoms with Crippen molar-refractivity contribution in [3.8, 4) is 0 Å². The highest BCUT2D eigenvalue weighted by molar-refractivity contribution is 7.99. The Morgan fingerprint density at radius 3 is 2.09 bits per heavy atom. The van der Waals surface area contributed by atoms with E-state index in [9.17, 15) is 26.4 Å². The maximum absolute atomic E-state index is 13.0. The highest BCUT2D eigenvalue weighted by atomic mass is 35.5. The fraction of sp³-hybridized carbons (Fsp3) is 0.481. The summed E-state index contributed by atoms with van der Waals surface area (Å²) in [5.74, 6) is 0.572. The number of sulfone groups is 1. The van der Waals surface area contributed by atoms with Crippen LogP contribution in [0.2, 0.25) is 5.02 Å². The van der Waals surface area contributed by atoms with Gasteiger partial charge in [0.2, 0.25) is 0 Å². The number of nitrogens with one attached hydrogen (secondary N) is 2. The number of halogens is 4. The normalized spacial score (nSPS) is 16.9. The zero-order chi connectivity index (χ0) is 49.7. The van der Waals surface area contributed by atoms with Crippen LogP contribution in [0.4, 0.5) is 24.5 Å². The van der Waals surface area contributed by atoms with Gasteiger partial charge in [-0.2, -0.15) is 13.2 Å². The van der Waals surface area contributed by atoms with Gasteiger partial charge in [-0.3, -0.25) is 14.4 Å². The molecule has 4 aromatic rings. The first-order valence-corrected chi connectivity index (χ1v) is 27.2. The Bertz CT molecular complexity index is 2240. The van der Waals surface area contributed by atoms with E-state index in [1.165, 1.54) is 80.0 Å². The zero-order valence-corrected chi connectivity index (χ0v) is 43.9. The Balaban J connectivity index is 0.000000241. The van der Waals surface area contributed by atoms with Crippen molar-refractivity contribution in [3.05, 3.63) is 119 Å². The van der Waals surface area contributed by atoms with Crippen LogP contribution in [0.25, 0.3) is 5.57 Å². The Hall–Kier alpha value is -3.54. The Labute approximate surface area is 418 Å². The third-order valence-corrected chi connectivity index (χ3v) is 15.5. The number of alkyl halides is 3. The summed E-state index contributed by atoms with van der Waals surface area (Å²) in [7, 11) is -2.04. The van der Waals surface area contributed by atoms with Gasteiger partial charge in [-0.25, -0.2) is 8.42 Å². The molecule has 0 amide bonds. The number of carbonyl (C=O) groups is 1. The molecule has 0 atom stereocenters. The first-order chi connectivity index (χ1) is 32.5. The summed E-state index contributed by atoms with van der Waals surface area (Å²) in [5, 5.41) is 3.60. The molecule has 1 aliphatic carbocycles. The Morgan fingerprint density at radius 2 is 1.51 bits per heavy atom. The second-order valence-corrected chi connectivity index (χ2v) is 21.9. The van der Waals surface area contributed by atoms with E-state index < -0.39 is 20.2 Å². The number of benzene rings is 4. The van der Waals surface area contributed by atoms with Crippen molar-refractivity contribution < 1.29 is 31.1 Å². The Kier molecular flexibility index (Phi) is 23.8. The second kappa shape index (κ2) is 28.3. The van der Waals surface area contributed by atoms with Crippen LogP contribution in [0.1, 0.15) is 82.6 Å². The first kappa shape index (κ1) is 57.0. The van der Waals surface area contributed by atoms with E-state index in [0.29, 0.717) is 28.7 Å². The number of hydrogen-bond donors (Lipinski definition) is 2. The number of hydrogen-bond acceptors (Lipinski definition) is 11. The maximum Gasteiger partial charge on any atom is 0.501 e. The molecule has 0 bridgehead atoms. The molecule has 2 N–H and O–H groups in total. The van der Waals surface area contributed by atoms with Crippen LogP contribution in [0.15, 0.2) is 117 Å². The highest BCUT2D eigenvalue weighted by Crippen LogP contribution is 2.43. The van der Waals surface area contributed by atoms with E-state index in [1.807, 2.05) is 75.6 Å². The van der Waals surface area contributed by atoms with Gasteiger partial charge in [-0.15, -0.1) is 11.8 Å². The topological polar surface area (TPSA) is 94.2 Å². The molecular weight excluding hydrogens is 947 g/mol. The molecule has 3 aliphatic rings. The molecule has 2 heterocycles. The van der Waals surface area contributed by atoms with Crippen LogP contribution < -0.4 is 14.9 Å². The number of likely N-dealkylation sites (tertiary alicyclic amines) is 1. The van der Waals surface area contributed by atoms with E-state index >= 15 is 0 Å². The summed E-state index contributed by atoms with van der Waals surface area (Å²) in [5.41, 5.74) is 1.35. The number of piperazine rings is 1. The number of allylic oxidation sites excluding steroid dienone is 1. The number of methoxy groups -OCH3 is 1. The third-order valence-electron chi connectivity index (χ3n) is 12.1. The largest absolute Gasteiger partial charge is 0.501 e. The summed E-state index contributed by atoms with van der Waals surface area (Å²) >= 11 is 8.68. The number of piperidine rings is 1. The molecule has 2 fully saturated rings. The number of ether oxygens (including phenoxy) is 1. The summed E-state index contributed by atoms with van der Waals surface area (Å²) in [4.78, 5) is 19.0. The molecular formula is C52H71ClF3N5O4S3. The van der Waals surface area contributed by atoms with Crippen LogP contribution >= 0.6 is 35.3 Å². The fourth-order valence-corrected chi connectivity index (χ4v) is 10.8. The quantitative estimate of drug-likeness (QED) is 0.0516. The molecule has 2 saturated heterocycles. The minimum Gasteiger partial charge on any atom is -0.383 e. The van der Waals surface area contributed by atoms with Gasteiger partial charge in [0.25, 0.3) is 9.84 Å². The molecule has 0 saturated carbocycles. The van der Waals surface area contributed by atoms with Gasteiger partial charge in [0, 0.05) is 91.3 Å². The molecule has 4 aromatic carbocycles. The van der Waals surface area contributed by atoms with Gasteiger partial charge in [-0.05, 0) is 141 Å². The van der Waals surface area contributed by atoms with Crippen molar-refractivity contribution in [2.24, 2.45) is 5.41 Å². The lowest BCUT2D eigenvalue weighted by Crippen LogP contribution is -2.47. The zero-order valence-electron chi connectivity index (χ0n) is 40.7. The number of rotatable bonds is 15. The summed E-state index contributed by atoms with van der Waals surface area (Å²) in [6.45, 7) is 20.2. The van der Waals surface area contributed by atoms with Crippen molar-refractivity contribution in [1.29, 1.82) is 0 Å². The number of aldehydes is 1. The van der Waals surface area contributed by atoms with Gasteiger partial charge in [0.15, 0.2) is 0 Å². The van der Waals surface area contributed by atoms with E-state index in [0.717, 1.165) is 78.9 Å². The molecule has 68 heavy (non-hydrogen) atoms. The average Bonchev–Trinajstić information content (AvgIpc) is 3.35. The van der Waals surface area contributed by atoms with Crippen molar-refractivity contribution in [2.45, 2.75) is 93.0 Å². The Morgan fingerprint density at radius 1 is 0.868 bits per heavy atom. The van der Waals surface area contributed by atoms with Gasteiger partial charge in [-0.1, -0.05) is 82.1 Å². The van der Waals surface area contributed by atoms with Gasteiger partial charge in [0.1, 0.15) is 11.2 Å². The molecule has 16 heteroatoms. The minimum atomic E-state index is -5.45. The van der Waals surface area contributed by atoms with E-state index in [-0.39, 0.29) is 5.69 Å². The predicted molar refractivity (Wildman–Crippen MR) is 280 cm³/mol. The molecule has 0 spiro atoms. The van der Waals surface area contributed by atoms with E-state index in [2.05, 4.69) is 69.8 Å². The lowest BCUT2D eigenvalue weighted by atomic mass is 9.73. The standard InChI is InChI=1S/C26H31ClN2O.C16H17F3N2O2S3.C8H17NO.C2H6/c1-26(2)12-11-25(21-5-7-23(27)8-6-21)22(17-26)18-28-13-15-29(16-14-28)24-9-3-20(19-30)4-10-24;1-20-25-13-7-8-14(15(11-13)26(22,23)16(17,18)19)21-9-10-24-12-5-3-2-4-6-12;1-3-9-6-4-8(10-2)5-7-9;1-2/h3-10,19H,11-18H2,1-2H3;2-8,11,20-21H,9-10H2,1H3;8H,3-7H2,1-2H3;1-2H3. The van der Waals surface area contributed by atoms with Crippen LogP contribution in [-0.2, 0) is 14.6 Å². The lowest BCUT2D eigenvalue weighted by Gasteiger charge is -2.39. The molecule has 0 unspecified atom stereocenters. The SMILES string of the molecule is CC.CC1(C)CCC(c2ccc(Cl)cc2)=C(CN2CCN(c3ccc(C=O)cc3)CC2)C1.CCN1CCC(OC)CC1.CNSc1ccc(NCCSc2ccccc2)c(S(=O)(=O)C(F)(F)F)c1. The monoisotopic (exact) mass is 1020 g/mol. The number of carbonyl (C=O) groups excluding carboxylic acids is 1. The summed E-state index contributed by atoms with van der Waals surface area (Å²) < 4.78 is 70.7. The summed E-state index contributed by atoms with van der Waals surface area (Å²) in [6, 6.07) is 29.8. The first-order valence-electron chi connectivity index (χ1n) is 23.5. The second-order valence-electron chi connectivity index (χ2n) is 17.3. The molecule has 0 radical (unpaired) electrons. The molecule has 9 nitrogen and oxygen atoms in total. The molecule has 7 rings (SSSR count). The molecule has 2 aliphatic heterocycles. The smallest absolute Gasteiger partial charge is 0.383 e.